The normalized spacial score (nSPS) is 14.3. The molecular formula is C15H19ClN2O3. The number of carbonyl (C=O) groups excluding carboxylic acids is 2. The summed E-state index contributed by atoms with van der Waals surface area (Å²) in [6.07, 6.45) is 2.35. The van der Waals surface area contributed by atoms with E-state index in [0.29, 0.717) is 30.3 Å². The number of likely N-dealkylation sites (tertiary alicyclic amines) is 1. The van der Waals surface area contributed by atoms with Crippen molar-refractivity contribution in [2.24, 2.45) is 0 Å². The van der Waals surface area contributed by atoms with E-state index in [1.807, 2.05) is 4.90 Å². The lowest BCUT2D eigenvalue weighted by atomic mass is 10.3. The summed E-state index contributed by atoms with van der Waals surface area (Å²) < 4.78 is 5.34. The van der Waals surface area contributed by atoms with Crippen LogP contribution < -0.4 is 10.1 Å². The molecule has 1 aliphatic rings. The van der Waals surface area contributed by atoms with Gasteiger partial charge in [-0.05, 0) is 25.0 Å². The van der Waals surface area contributed by atoms with Gasteiger partial charge in [0.2, 0.25) is 5.91 Å². The zero-order chi connectivity index (χ0) is 15.1. The largest absolute Gasteiger partial charge is 0.482 e. The summed E-state index contributed by atoms with van der Waals surface area (Å²) in [6.45, 7) is 2.01. The predicted molar refractivity (Wildman–Crippen MR) is 80.4 cm³/mol. The van der Waals surface area contributed by atoms with Crippen molar-refractivity contribution in [1.29, 1.82) is 0 Å². The maximum absolute atomic E-state index is 11.6. The van der Waals surface area contributed by atoms with Crippen LogP contribution in [0.2, 0.25) is 5.02 Å². The number of hydrogen-bond acceptors (Lipinski definition) is 3. The Kier molecular flexibility index (Phi) is 5.87. The first-order valence-electron chi connectivity index (χ1n) is 7.08. The van der Waals surface area contributed by atoms with Gasteiger partial charge < -0.3 is 15.0 Å². The maximum Gasteiger partial charge on any atom is 0.257 e. The lowest BCUT2D eigenvalue weighted by molar-refractivity contribution is -0.127. The van der Waals surface area contributed by atoms with E-state index in [4.69, 9.17) is 16.3 Å². The number of carbonyl (C=O) groups is 2. The lowest BCUT2D eigenvalue weighted by Crippen LogP contribution is -2.33. The van der Waals surface area contributed by atoms with Gasteiger partial charge in [0.1, 0.15) is 5.75 Å². The van der Waals surface area contributed by atoms with Crippen LogP contribution in [0, 0.1) is 0 Å². The maximum atomic E-state index is 11.6. The van der Waals surface area contributed by atoms with Crippen LogP contribution in [-0.2, 0) is 9.59 Å². The molecule has 0 aromatic heterocycles. The van der Waals surface area contributed by atoms with Gasteiger partial charge in [-0.1, -0.05) is 23.7 Å². The van der Waals surface area contributed by atoms with E-state index < -0.39 is 0 Å². The van der Waals surface area contributed by atoms with Crippen molar-refractivity contribution in [3.63, 3.8) is 0 Å². The molecule has 114 valence electrons. The smallest absolute Gasteiger partial charge is 0.257 e. The molecule has 0 spiro atoms. The topological polar surface area (TPSA) is 58.6 Å². The Labute approximate surface area is 129 Å². The summed E-state index contributed by atoms with van der Waals surface area (Å²) in [4.78, 5) is 24.9. The van der Waals surface area contributed by atoms with Crippen molar-refractivity contribution >= 4 is 23.4 Å². The van der Waals surface area contributed by atoms with Crippen LogP contribution >= 0.6 is 11.6 Å². The van der Waals surface area contributed by atoms with Crippen LogP contribution in [0.4, 0.5) is 0 Å². The highest BCUT2D eigenvalue weighted by atomic mass is 35.5. The third kappa shape index (κ3) is 4.93. The van der Waals surface area contributed by atoms with E-state index >= 15 is 0 Å². The second-order valence-corrected chi connectivity index (χ2v) is 5.31. The molecule has 0 atom stereocenters. The molecule has 2 rings (SSSR count). The van der Waals surface area contributed by atoms with Crippen LogP contribution in [0.1, 0.15) is 19.3 Å². The van der Waals surface area contributed by atoms with Crippen LogP contribution in [-0.4, -0.2) is 43.0 Å². The summed E-state index contributed by atoms with van der Waals surface area (Å²) >= 11 is 5.93. The van der Waals surface area contributed by atoms with E-state index in [0.717, 1.165) is 19.4 Å². The van der Waals surface area contributed by atoms with Gasteiger partial charge in [-0.2, -0.15) is 0 Å². The predicted octanol–water partition coefficient (Wildman–Crippen LogP) is 1.85. The molecule has 1 fully saturated rings. The Hall–Kier alpha value is -1.75. The van der Waals surface area contributed by atoms with Crippen LogP contribution in [0.15, 0.2) is 24.3 Å². The van der Waals surface area contributed by atoms with Gasteiger partial charge in [-0.3, -0.25) is 9.59 Å². The van der Waals surface area contributed by atoms with E-state index in [1.165, 1.54) is 0 Å². The monoisotopic (exact) mass is 310 g/mol. The van der Waals surface area contributed by atoms with Gasteiger partial charge in [0.25, 0.3) is 5.91 Å². The molecule has 0 saturated carbocycles. The van der Waals surface area contributed by atoms with Crippen molar-refractivity contribution in [1.82, 2.24) is 10.2 Å². The molecule has 1 saturated heterocycles. The number of rotatable bonds is 7. The zero-order valence-electron chi connectivity index (χ0n) is 11.8. The van der Waals surface area contributed by atoms with Crippen molar-refractivity contribution < 1.29 is 14.3 Å². The number of para-hydroxylation sites is 1. The van der Waals surface area contributed by atoms with E-state index in [9.17, 15) is 9.59 Å². The average Bonchev–Trinajstić information content (AvgIpc) is 2.88. The quantitative estimate of drug-likeness (QED) is 0.782. The number of halogens is 1. The zero-order valence-corrected chi connectivity index (χ0v) is 12.6. The Balaban J connectivity index is 1.59. The third-order valence-electron chi connectivity index (χ3n) is 3.29. The molecule has 0 aliphatic carbocycles. The van der Waals surface area contributed by atoms with Crippen molar-refractivity contribution in [3.05, 3.63) is 29.3 Å². The molecule has 1 aromatic rings. The SMILES string of the molecule is O=C(COc1ccccc1Cl)NCCCN1CCCC1=O. The molecule has 2 amide bonds. The van der Waals surface area contributed by atoms with E-state index in [-0.39, 0.29) is 18.4 Å². The fraction of sp³-hybridized carbons (Fsp3) is 0.467. The summed E-state index contributed by atoms with van der Waals surface area (Å²) in [5.74, 6) is 0.517. The highest BCUT2D eigenvalue weighted by molar-refractivity contribution is 6.32. The number of nitrogens with one attached hydrogen (secondary N) is 1. The van der Waals surface area contributed by atoms with Gasteiger partial charge in [0, 0.05) is 26.1 Å². The highest BCUT2D eigenvalue weighted by Crippen LogP contribution is 2.22. The summed E-state index contributed by atoms with van der Waals surface area (Å²) in [7, 11) is 0. The molecule has 1 N–H and O–H groups in total. The molecule has 0 radical (unpaired) electrons. The molecule has 1 aromatic carbocycles. The first kappa shape index (κ1) is 15.6. The number of nitrogens with zero attached hydrogens (tertiary/aromatic N) is 1. The van der Waals surface area contributed by atoms with Gasteiger partial charge in [0.05, 0.1) is 5.02 Å². The number of ether oxygens (including phenoxy) is 1. The molecule has 1 aliphatic heterocycles. The minimum Gasteiger partial charge on any atom is -0.482 e. The van der Waals surface area contributed by atoms with E-state index in [1.54, 1.807) is 24.3 Å². The van der Waals surface area contributed by atoms with Gasteiger partial charge in [-0.15, -0.1) is 0 Å². The van der Waals surface area contributed by atoms with Crippen molar-refractivity contribution in [2.45, 2.75) is 19.3 Å². The van der Waals surface area contributed by atoms with Gasteiger partial charge >= 0.3 is 0 Å². The Morgan fingerprint density at radius 3 is 2.90 bits per heavy atom. The first-order chi connectivity index (χ1) is 10.2. The van der Waals surface area contributed by atoms with Crippen LogP contribution in [0.5, 0.6) is 5.75 Å². The second-order valence-electron chi connectivity index (χ2n) is 4.91. The number of benzene rings is 1. The van der Waals surface area contributed by atoms with Crippen molar-refractivity contribution in [2.75, 3.05) is 26.2 Å². The molecule has 0 unspecified atom stereocenters. The summed E-state index contributed by atoms with van der Waals surface area (Å²) in [5.41, 5.74) is 0. The molecule has 0 bridgehead atoms. The first-order valence-corrected chi connectivity index (χ1v) is 7.46. The fourth-order valence-electron chi connectivity index (χ4n) is 2.19. The van der Waals surface area contributed by atoms with Crippen LogP contribution in [0.3, 0.4) is 0 Å². The number of amides is 2. The minimum absolute atomic E-state index is 0.0631. The third-order valence-corrected chi connectivity index (χ3v) is 3.61. The second kappa shape index (κ2) is 7.88. The molecule has 5 nitrogen and oxygen atoms in total. The molecule has 1 heterocycles. The standard InChI is InChI=1S/C15H19ClN2O3/c16-12-5-1-2-6-13(12)21-11-14(19)17-8-4-10-18-9-3-7-15(18)20/h1-2,5-6H,3-4,7-11H2,(H,17,19). The lowest BCUT2D eigenvalue weighted by Gasteiger charge is -2.15. The Bertz CT molecular complexity index is 507. The average molecular weight is 311 g/mol. The summed E-state index contributed by atoms with van der Waals surface area (Å²) in [5, 5.41) is 3.25. The highest BCUT2D eigenvalue weighted by Gasteiger charge is 2.18. The van der Waals surface area contributed by atoms with Crippen LogP contribution in [0.25, 0.3) is 0 Å². The van der Waals surface area contributed by atoms with Crippen molar-refractivity contribution in [3.8, 4) is 5.75 Å². The molecular weight excluding hydrogens is 292 g/mol. The van der Waals surface area contributed by atoms with Gasteiger partial charge in [0.15, 0.2) is 6.61 Å². The fourth-order valence-corrected chi connectivity index (χ4v) is 2.38. The van der Waals surface area contributed by atoms with E-state index in [2.05, 4.69) is 5.32 Å². The minimum atomic E-state index is -0.192. The Morgan fingerprint density at radius 2 is 2.19 bits per heavy atom. The number of hydrogen-bond donors (Lipinski definition) is 1. The Morgan fingerprint density at radius 1 is 1.38 bits per heavy atom. The molecule has 21 heavy (non-hydrogen) atoms. The molecule has 6 heteroatoms. The summed E-state index contributed by atoms with van der Waals surface area (Å²) in [6, 6.07) is 7.03. The van der Waals surface area contributed by atoms with Gasteiger partial charge in [-0.25, -0.2) is 0 Å².